The SMILES string of the molecule is [O-][N+]([O-])=c1nc2ccccc2n[nH]1. The summed E-state index contributed by atoms with van der Waals surface area (Å²) in [6.45, 7) is 0. The quantitative estimate of drug-likeness (QED) is 0.560. The molecule has 0 radical (unpaired) electrons. The number of aromatic amines is 1. The molecule has 1 heterocycles. The molecule has 0 aliphatic heterocycles. The van der Waals surface area contributed by atoms with Gasteiger partial charge in [-0.2, -0.15) is 5.10 Å². The Hall–Kier alpha value is -2.11. The molecule has 66 valence electrons. The zero-order valence-electron chi connectivity index (χ0n) is 6.47. The second-order valence-corrected chi connectivity index (χ2v) is 2.40. The molecule has 2 rings (SSSR count). The summed E-state index contributed by atoms with van der Waals surface area (Å²) >= 11 is 0. The fourth-order valence-corrected chi connectivity index (χ4v) is 0.984. The third-order valence-corrected chi connectivity index (χ3v) is 1.56. The Bertz CT molecular complexity index is 501. The minimum Gasteiger partial charge on any atom is -0.744 e. The molecule has 0 aliphatic carbocycles. The summed E-state index contributed by atoms with van der Waals surface area (Å²) in [5, 5.41) is 26.7. The molecular weight excluding hydrogens is 172 g/mol. The van der Waals surface area contributed by atoms with Gasteiger partial charge < -0.3 is 10.4 Å². The van der Waals surface area contributed by atoms with E-state index in [4.69, 9.17) is 0 Å². The predicted molar refractivity (Wildman–Crippen MR) is 45.9 cm³/mol. The van der Waals surface area contributed by atoms with Gasteiger partial charge >= 0.3 is 5.62 Å². The molecule has 6 heteroatoms. The molecule has 1 aromatic carbocycles. The van der Waals surface area contributed by atoms with Crippen molar-refractivity contribution in [2.45, 2.75) is 0 Å². The molecule has 0 saturated carbocycles. The van der Waals surface area contributed by atoms with Crippen molar-refractivity contribution in [3.8, 4) is 0 Å². The van der Waals surface area contributed by atoms with E-state index in [1.165, 1.54) is 0 Å². The summed E-state index contributed by atoms with van der Waals surface area (Å²) in [6, 6.07) is 6.93. The smallest absolute Gasteiger partial charge is 0.412 e. The number of aromatic nitrogens is 3. The maximum atomic E-state index is 10.3. The van der Waals surface area contributed by atoms with E-state index in [9.17, 15) is 10.4 Å². The first-order chi connectivity index (χ1) is 6.27. The third kappa shape index (κ3) is 1.28. The number of fused-ring (bicyclic) bond motifs is 1. The van der Waals surface area contributed by atoms with Crippen LogP contribution in [0.15, 0.2) is 24.3 Å². The van der Waals surface area contributed by atoms with Gasteiger partial charge in [-0.3, -0.25) is 4.90 Å². The van der Waals surface area contributed by atoms with Crippen LogP contribution >= 0.6 is 0 Å². The maximum Gasteiger partial charge on any atom is 0.412 e. The van der Waals surface area contributed by atoms with Crippen molar-refractivity contribution in [3.05, 3.63) is 40.3 Å². The average Bonchev–Trinajstić information content (AvgIpc) is 2.17. The van der Waals surface area contributed by atoms with E-state index in [-0.39, 0.29) is 5.62 Å². The summed E-state index contributed by atoms with van der Waals surface area (Å²) in [6.07, 6.45) is 0. The fraction of sp³-hybridized carbons (Fsp3) is 0. The summed E-state index contributed by atoms with van der Waals surface area (Å²) < 4.78 is 0. The van der Waals surface area contributed by atoms with Crippen LogP contribution in [0, 0.1) is 10.4 Å². The largest absolute Gasteiger partial charge is 0.744 e. The zero-order chi connectivity index (χ0) is 9.26. The predicted octanol–water partition coefficient (Wildman–Crippen LogP) is -0.274. The number of hydrogen-bond donors (Lipinski definition) is 1. The first-order valence-corrected chi connectivity index (χ1v) is 3.56. The molecule has 0 saturated heterocycles. The van der Waals surface area contributed by atoms with E-state index < -0.39 is 4.90 Å². The van der Waals surface area contributed by atoms with Crippen molar-refractivity contribution >= 4 is 11.0 Å². The Morgan fingerprint density at radius 3 is 2.54 bits per heavy atom. The normalized spacial score (nSPS) is 10.2. The van der Waals surface area contributed by atoms with E-state index in [0.29, 0.717) is 11.0 Å². The number of nitrogens with one attached hydrogen (secondary N) is 1. The molecule has 6 nitrogen and oxygen atoms in total. The lowest BCUT2D eigenvalue weighted by molar-refractivity contribution is 0.805. The Kier molecular flexibility index (Phi) is 1.59. The van der Waals surface area contributed by atoms with Gasteiger partial charge in [0.25, 0.3) is 0 Å². The molecule has 0 spiro atoms. The van der Waals surface area contributed by atoms with Crippen LogP contribution in [0.25, 0.3) is 11.0 Å². The van der Waals surface area contributed by atoms with Gasteiger partial charge in [0.1, 0.15) is 5.52 Å². The molecular formula is C7H5N4O2-. The standard InChI is InChI=1S/C7H5N4O2/c12-11(13)7-8-5-3-1-2-4-6(5)9-10-7/h1-4,10H/q-1. The lowest BCUT2D eigenvalue weighted by Crippen LogP contribution is -2.26. The second kappa shape index (κ2) is 2.74. The van der Waals surface area contributed by atoms with Gasteiger partial charge in [-0.25, -0.2) is 0 Å². The van der Waals surface area contributed by atoms with E-state index in [0.717, 1.165) is 0 Å². The molecule has 1 aromatic heterocycles. The second-order valence-electron chi connectivity index (χ2n) is 2.40. The van der Waals surface area contributed by atoms with Crippen LogP contribution in [-0.4, -0.2) is 15.2 Å². The van der Waals surface area contributed by atoms with Gasteiger partial charge in [0.2, 0.25) is 0 Å². The number of hydrogen-bond acceptors (Lipinski definition) is 4. The van der Waals surface area contributed by atoms with Crippen molar-refractivity contribution in [3.63, 3.8) is 0 Å². The maximum absolute atomic E-state index is 10.3. The van der Waals surface area contributed by atoms with Crippen molar-refractivity contribution in [2.24, 2.45) is 0 Å². The lowest BCUT2D eigenvalue weighted by Gasteiger charge is -2.09. The zero-order valence-corrected chi connectivity index (χ0v) is 6.47. The van der Waals surface area contributed by atoms with Crippen molar-refractivity contribution in [1.82, 2.24) is 20.1 Å². The van der Waals surface area contributed by atoms with Crippen LogP contribution in [0.1, 0.15) is 0 Å². The molecule has 0 bridgehead atoms. The lowest BCUT2D eigenvalue weighted by atomic mass is 10.3. The summed E-state index contributed by atoms with van der Waals surface area (Å²) in [5.41, 5.74) is 0.764. The Labute approximate surface area is 72.3 Å². The minimum absolute atomic E-state index is 0.348. The number of benzene rings is 1. The summed E-state index contributed by atoms with van der Waals surface area (Å²) in [7, 11) is 0. The van der Waals surface area contributed by atoms with Gasteiger partial charge in [-0.05, 0) is 12.1 Å². The molecule has 13 heavy (non-hydrogen) atoms. The van der Waals surface area contributed by atoms with Crippen molar-refractivity contribution < 1.29 is 0 Å². The molecule has 0 aliphatic rings. The highest BCUT2D eigenvalue weighted by Crippen LogP contribution is 2.02. The van der Waals surface area contributed by atoms with E-state index in [1.807, 2.05) is 0 Å². The summed E-state index contributed by atoms with van der Waals surface area (Å²) in [4.78, 5) is 3.15. The molecule has 0 unspecified atom stereocenters. The topological polar surface area (TPSA) is 90.7 Å². The number of nitrogens with zero attached hydrogens (tertiary/aromatic N) is 3. The average molecular weight is 177 g/mol. The molecule has 2 aromatic rings. The Morgan fingerprint density at radius 2 is 1.85 bits per heavy atom. The van der Waals surface area contributed by atoms with Gasteiger partial charge in [0.15, 0.2) is 5.52 Å². The van der Waals surface area contributed by atoms with Crippen LogP contribution < -0.4 is 10.5 Å². The summed E-state index contributed by atoms with van der Waals surface area (Å²) in [5.74, 6) is 0. The van der Waals surface area contributed by atoms with Crippen LogP contribution in [0.3, 0.4) is 0 Å². The molecule has 0 atom stereocenters. The molecule has 0 fully saturated rings. The van der Waals surface area contributed by atoms with E-state index in [1.54, 1.807) is 24.3 Å². The monoisotopic (exact) mass is 177 g/mol. The van der Waals surface area contributed by atoms with Gasteiger partial charge in [-0.15, -0.1) is 5.10 Å². The van der Waals surface area contributed by atoms with Gasteiger partial charge in [0.05, 0.1) is 0 Å². The molecule has 0 amide bonds. The van der Waals surface area contributed by atoms with E-state index >= 15 is 0 Å². The highest BCUT2D eigenvalue weighted by atomic mass is 16.8. The van der Waals surface area contributed by atoms with Gasteiger partial charge in [0, 0.05) is 0 Å². The first kappa shape index (κ1) is 7.53. The minimum atomic E-state index is -0.612. The number of H-pyrrole nitrogens is 1. The number of rotatable bonds is 0. The number of para-hydroxylation sites is 2. The van der Waals surface area contributed by atoms with Gasteiger partial charge in [-0.1, -0.05) is 17.1 Å². The van der Waals surface area contributed by atoms with Crippen molar-refractivity contribution in [2.75, 3.05) is 0 Å². The van der Waals surface area contributed by atoms with Crippen LogP contribution in [0.5, 0.6) is 0 Å². The highest BCUT2D eigenvalue weighted by molar-refractivity contribution is 5.72. The first-order valence-electron chi connectivity index (χ1n) is 3.56. The van der Waals surface area contributed by atoms with Crippen LogP contribution in [0.2, 0.25) is 0 Å². The van der Waals surface area contributed by atoms with Crippen LogP contribution in [-0.2, 0) is 0 Å². The highest BCUT2D eigenvalue weighted by Gasteiger charge is 1.99. The fourth-order valence-electron chi connectivity index (χ4n) is 0.984. The van der Waals surface area contributed by atoms with E-state index in [2.05, 4.69) is 15.2 Å². The molecule has 1 N–H and O–H groups in total. The van der Waals surface area contributed by atoms with Crippen molar-refractivity contribution in [1.29, 1.82) is 0 Å². The Morgan fingerprint density at radius 1 is 1.15 bits per heavy atom. The Balaban J connectivity index is 2.84. The third-order valence-electron chi connectivity index (χ3n) is 1.56. The van der Waals surface area contributed by atoms with Crippen LogP contribution in [0.4, 0.5) is 0 Å².